The standard InChI is InChI=1S/C23H17N3O3/c1-15(27)16-6-5-7-18(12-16)25-22(28)17-10-11-20-21(13-17)24-14-26(23(20)29)19-8-3-2-4-9-19/h2-14H,1H3,(H,25,28). The number of nitrogens with zero attached hydrogens (tertiary/aromatic N) is 2. The average Bonchev–Trinajstić information content (AvgIpc) is 2.74. The maximum Gasteiger partial charge on any atom is 0.265 e. The second-order valence-corrected chi connectivity index (χ2v) is 6.58. The number of carbonyl (C=O) groups excluding carboxylic acids is 2. The molecule has 0 aliphatic heterocycles. The minimum absolute atomic E-state index is 0.0781. The summed E-state index contributed by atoms with van der Waals surface area (Å²) in [4.78, 5) is 41.3. The van der Waals surface area contributed by atoms with Crippen molar-refractivity contribution in [3.63, 3.8) is 0 Å². The fraction of sp³-hybridized carbons (Fsp3) is 0.0435. The molecule has 6 heteroatoms. The Bertz CT molecular complexity index is 1290. The van der Waals surface area contributed by atoms with Gasteiger partial charge in [-0.2, -0.15) is 0 Å². The van der Waals surface area contributed by atoms with Gasteiger partial charge in [-0.15, -0.1) is 0 Å². The van der Waals surface area contributed by atoms with Gasteiger partial charge in [-0.3, -0.25) is 19.0 Å². The highest BCUT2D eigenvalue weighted by Gasteiger charge is 2.11. The molecule has 1 aromatic heterocycles. The molecule has 4 rings (SSSR count). The normalized spacial score (nSPS) is 10.7. The van der Waals surface area contributed by atoms with Gasteiger partial charge in [0.25, 0.3) is 11.5 Å². The van der Waals surface area contributed by atoms with Crippen LogP contribution in [0.25, 0.3) is 16.6 Å². The molecule has 0 atom stereocenters. The van der Waals surface area contributed by atoms with Gasteiger partial charge < -0.3 is 5.32 Å². The summed E-state index contributed by atoms with van der Waals surface area (Å²) >= 11 is 0. The van der Waals surface area contributed by atoms with E-state index in [2.05, 4.69) is 10.3 Å². The first-order valence-corrected chi connectivity index (χ1v) is 9.02. The van der Waals surface area contributed by atoms with E-state index in [9.17, 15) is 14.4 Å². The number of ketones is 1. The van der Waals surface area contributed by atoms with Crippen LogP contribution in [0.4, 0.5) is 5.69 Å². The zero-order chi connectivity index (χ0) is 20.4. The number of para-hydroxylation sites is 1. The highest BCUT2D eigenvalue weighted by Crippen LogP contribution is 2.16. The molecule has 0 bridgehead atoms. The predicted octanol–water partition coefficient (Wildman–Crippen LogP) is 3.84. The molecular formula is C23H17N3O3. The molecule has 4 aromatic rings. The van der Waals surface area contributed by atoms with Crippen molar-refractivity contribution in [1.29, 1.82) is 0 Å². The fourth-order valence-electron chi connectivity index (χ4n) is 3.05. The van der Waals surface area contributed by atoms with E-state index < -0.39 is 0 Å². The summed E-state index contributed by atoms with van der Waals surface area (Å²) in [6, 6.07) is 20.7. The van der Waals surface area contributed by atoms with Crippen LogP contribution in [-0.2, 0) is 0 Å². The third-order valence-electron chi connectivity index (χ3n) is 4.58. The molecule has 0 aliphatic carbocycles. The van der Waals surface area contributed by atoms with E-state index in [0.717, 1.165) is 5.69 Å². The van der Waals surface area contributed by atoms with Crippen molar-refractivity contribution in [3.05, 3.63) is 101 Å². The summed E-state index contributed by atoms with van der Waals surface area (Å²) in [5.41, 5.74) is 2.36. The van der Waals surface area contributed by atoms with Crippen LogP contribution in [-0.4, -0.2) is 21.2 Å². The highest BCUT2D eigenvalue weighted by molar-refractivity contribution is 6.06. The maximum absolute atomic E-state index is 12.8. The van der Waals surface area contributed by atoms with Crippen LogP contribution in [0.1, 0.15) is 27.6 Å². The Morgan fingerprint density at radius 3 is 2.45 bits per heavy atom. The van der Waals surface area contributed by atoms with Crippen LogP contribution >= 0.6 is 0 Å². The van der Waals surface area contributed by atoms with E-state index in [1.54, 1.807) is 42.5 Å². The Balaban J connectivity index is 1.66. The largest absolute Gasteiger partial charge is 0.322 e. The minimum Gasteiger partial charge on any atom is -0.322 e. The van der Waals surface area contributed by atoms with E-state index in [1.807, 2.05) is 30.3 Å². The van der Waals surface area contributed by atoms with Crippen molar-refractivity contribution in [2.45, 2.75) is 6.92 Å². The number of aromatic nitrogens is 2. The number of anilines is 1. The van der Waals surface area contributed by atoms with Crippen molar-refractivity contribution in [2.75, 3.05) is 5.32 Å². The minimum atomic E-state index is -0.346. The fourth-order valence-corrected chi connectivity index (χ4v) is 3.05. The molecule has 0 radical (unpaired) electrons. The lowest BCUT2D eigenvalue weighted by atomic mass is 10.1. The number of Topliss-reactive ketones (excluding diaryl/α,β-unsaturated/α-hetero) is 1. The first kappa shape index (κ1) is 18.3. The zero-order valence-electron chi connectivity index (χ0n) is 15.6. The van der Waals surface area contributed by atoms with Gasteiger partial charge in [0.1, 0.15) is 6.33 Å². The Kier molecular flexibility index (Phi) is 4.75. The van der Waals surface area contributed by atoms with Gasteiger partial charge >= 0.3 is 0 Å². The molecule has 1 N–H and O–H groups in total. The second-order valence-electron chi connectivity index (χ2n) is 6.58. The van der Waals surface area contributed by atoms with Crippen LogP contribution in [0.15, 0.2) is 83.9 Å². The smallest absolute Gasteiger partial charge is 0.265 e. The summed E-state index contributed by atoms with van der Waals surface area (Å²) in [7, 11) is 0. The van der Waals surface area contributed by atoms with Crippen molar-refractivity contribution >= 4 is 28.3 Å². The lowest BCUT2D eigenvalue weighted by molar-refractivity contribution is 0.101. The number of amides is 1. The van der Waals surface area contributed by atoms with Gasteiger partial charge in [0, 0.05) is 16.8 Å². The first-order valence-electron chi connectivity index (χ1n) is 9.02. The summed E-state index contributed by atoms with van der Waals surface area (Å²) in [5, 5.41) is 3.19. The molecule has 142 valence electrons. The molecule has 1 amide bonds. The summed E-state index contributed by atoms with van der Waals surface area (Å²) < 4.78 is 1.47. The topological polar surface area (TPSA) is 81.1 Å². The summed E-state index contributed by atoms with van der Waals surface area (Å²) in [6.07, 6.45) is 1.46. The third kappa shape index (κ3) is 3.68. The number of hydrogen-bond acceptors (Lipinski definition) is 4. The Hall–Kier alpha value is -4.06. The highest BCUT2D eigenvalue weighted by atomic mass is 16.2. The number of hydrogen-bond donors (Lipinski definition) is 1. The average molecular weight is 383 g/mol. The van der Waals surface area contributed by atoms with Crippen molar-refractivity contribution < 1.29 is 9.59 Å². The Morgan fingerprint density at radius 2 is 1.69 bits per heavy atom. The number of fused-ring (bicyclic) bond motifs is 1. The first-order chi connectivity index (χ1) is 14.0. The molecule has 0 fully saturated rings. The van der Waals surface area contributed by atoms with Crippen molar-refractivity contribution in [3.8, 4) is 5.69 Å². The maximum atomic E-state index is 12.8. The van der Waals surface area contributed by atoms with Crippen LogP contribution in [0.3, 0.4) is 0 Å². The molecule has 0 saturated carbocycles. The second kappa shape index (κ2) is 7.52. The Labute approximate surface area is 166 Å². The van der Waals surface area contributed by atoms with Crippen molar-refractivity contribution in [1.82, 2.24) is 9.55 Å². The molecule has 0 spiro atoms. The van der Waals surface area contributed by atoms with E-state index >= 15 is 0 Å². The lowest BCUT2D eigenvalue weighted by Crippen LogP contribution is -2.19. The number of nitrogens with one attached hydrogen (secondary N) is 1. The van der Waals surface area contributed by atoms with Crippen LogP contribution in [0, 0.1) is 0 Å². The molecule has 0 unspecified atom stereocenters. The summed E-state index contributed by atoms with van der Waals surface area (Å²) in [5.74, 6) is -0.424. The Morgan fingerprint density at radius 1 is 0.897 bits per heavy atom. The number of carbonyl (C=O) groups is 2. The summed E-state index contributed by atoms with van der Waals surface area (Å²) in [6.45, 7) is 1.47. The molecule has 3 aromatic carbocycles. The van der Waals surface area contributed by atoms with Gasteiger partial charge in [-0.05, 0) is 49.4 Å². The molecular weight excluding hydrogens is 366 g/mol. The third-order valence-corrected chi connectivity index (χ3v) is 4.58. The monoisotopic (exact) mass is 383 g/mol. The van der Waals surface area contributed by atoms with Crippen molar-refractivity contribution in [2.24, 2.45) is 0 Å². The van der Waals surface area contributed by atoms with Gasteiger partial charge in [0.15, 0.2) is 5.78 Å². The molecule has 1 heterocycles. The van der Waals surface area contributed by atoms with E-state index in [-0.39, 0.29) is 17.2 Å². The van der Waals surface area contributed by atoms with Gasteiger partial charge in [-0.1, -0.05) is 30.3 Å². The SMILES string of the molecule is CC(=O)c1cccc(NC(=O)c2ccc3c(=O)n(-c4ccccc4)cnc3c2)c1. The number of benzene rings is 3. The lowest BCUT2D eigenvalue weighted by Gasteiger charge is -2.09. The van der Waals surface area contributed by atoms with E-state index in [4.69, 9.17) is 0 Å². The quantitative estimate of drug-likeness (QED) is 0.543. The zero-order valence-corrected chi connectivity index (χ0v) is 15.6. The molecule has 0 aliphatic rings. The van der Waals surface area contributed by atoms with Crippen LogP contribution < -0.4 is 10.9 Å². The van der Waals surface area contributed by atoms with E-state index in [1.165, 1.54) is 17.8 Å². The molecule has 0 saturated heterocycles. The van der Waals surface area contributed by atoms with Gasteiger partial charge in [0.05, 0.1) is 16.6 Å². The van der Waals surface area contributed by atoms with Gasteiger partial charge in [-0.25, -0.2) is 4.98 Å². The van der Waals surface area contributed by atoms with Crippen LogP contribution in [0.5, 0.6) is 0 Å². The molecule has 6 nitrogen and oxygen atoms in total. The van der Waals surface area contributed by atoms with Gasteiger partial charge in [0.2, 0.25) is 0 Å². The molecule has 29 heavy (non-hydrogen) atoms. The van der Waals surface area contributed by atoms with Crippen LogP contribution in [0.2, 0.25) is 0 Å². The number of rotatable bonds is 4. The van der Waals surface area contributed by atoms with E-state index in [0.29, 0.717) is 27.7 Å². The predicted molar refractivity (Wildman–Crippen MR) is 112 cm³/mol.